The van der Waals surface area contributed by atoms with Crippen molar-refractivity contribution < 1.29 is 14.5 Å². The van der Waals surface area contributed by atoms with E-state index in [-0.39, 0.29) is 24.8 Å². The van der Waals surface area contributed by atoms with Gasteiger partial charge in [-0.15, -0.1) is 0 Å². The lowest BCUT2D eigenvalue weighted by atomic mass is 9.98. The zero-order valence-corrected chi connectivity index (χ0v) is 16.0. The summed E-state index contributed by atoms with van der Waals surface area (Å²) in [7, 11) is 0. The molecule has 1 aliphatic carbocycles. The van der Waals surface area contributed by atoms with E-state index in [9.17, 15) is 14.9 Å². The minimum atomic E-state index is -0.551. The monoisotopic (exact) mass is 398 g/mol. The Morgan fingerprint density at radius 3 is 2.33 bits per heavy atom. The third kappa shape index (κ3) is 4.01. The number of nitrogens with one attached hydrogen (secondary N) is 1. The molecule has 0 heterocycles. The molecule has 4 rings (SSSR count). The zero-order valence-electron chi connectivity index (χ0n) is 16.0. The number of nitro groups is 1. The van der Waals surface area contributed by atoms with Crippen LogP contribution in [0.2, 0.25) is 0 Å². The van der Waals surface area contributed by atoms with E-state index in [1.54, 1.807) is 12.1 Å². The number of non-ortho nitro benzene ring substituents is 1. The number of nitro benzene ring substituents is 1. The van der Waals surface area contributed by atoms with Gasteiger partial charge in [-0.2, -0.15) is 0 Å². The highest BCUT2D eigenvalue weighted by atomic mass is 16.6. The smallest absolute Gasteiger partial charge is 0.407 e. The summed E-state index contributed by atoms with van der Waals surface area (Å²) in [4.78, 5) is 22.4. The van der Waals surface area contributed by atoms with E-state index in [0.29, 0.717) is 5.56 Å². The van der Waals surface area contributed by atoms with Crippen molar-refractivity contribution in [3.8, 4) is 23.0 Å². The number of carbonyl (C=O) groups is 1. The second kappa shape index (κ2) is 8.50. The van der Waals surface area contributed by atoms with Crippen LogP contribution in [0.3, 0.4) is 0 Å². The lowest BCUT2D eigenvalue weighted by Crippen LogP contribution is -2.26. The zero-order chi connectivity index (χ0) is 20.9. The summed E-state index contributed by atoms with van der Waals surface area (Å²) in [6.45, 7) is 0.317. The van der Waals surface area contributed by atoms with E-state index in [4.69, 9.17) is 4.74 Å². The molecule has 6 nitrogen and oxygen atoms in total. The summed E-state index contributed by atoms with van der Waals surface area (Å²) in [5.74, 6) is 5.57. The number of fused-ring (bicyclic) bond motifs is 3. The molecule has 0 aromatic heterocycles. The molecular formula is C24H18N2O4. The van der Waals surface area contributed by atoms with Gasteiger partial charge in [-0.1, -0.05) is 66.4 Å². The highest BCUT2D eigenvalue weighted by Crippen LogP contribution is 2.44. The Morgan fingerprint density at radius 1 is 1.00 bits per heavy atom. The van der Waals surface area contributed by atoms with Crippen LogP contribution in [0.4, 0.5) is 10.5 Å². The topological polar surface area (TPSA) is 81.5 Å². The standard InChI is InChI=1S/C24H18N2O4/c27-24(25-14-6-8-17-7-5-9-18(15-17)26(28)29)30-16-23-21-12-3-1-10-19(21)20-11-2-4-13-22(20)23/h1-5,7,9-13,15,23H,14,16H2,(H,25,27). The van der Waals surface area contributed by atoms with Crippen molar-refractivity contribution in [2.24, 2.45) is 0 Å². The number of rotatable bonds is 4. The maximum Gasteiger partial charge on any atom is 0.407 e. The van der Waals surface area contributed by atoms with Crippen molar-refractivity contribution in [1.29, 1.82) is 0 Å². The van der Waals surface area contributed by atoms with Crippen LogP contribution in [-0.4, -0.2) is 24.2 Å². The molecule has 0 unspecified atom stereocenters. The molecule has 0 spiro atoms. The number of carbonyl (C=O) groups excluding carboxylic acids is 1. The average Bonchev–Trinajstić information content (AvgIpc) is 3.09. The lowest BCUT2D eigenvalue weighted by molar-refractivity contribution is -0.384. The van der Waals surface area contributed by atoms with E-state index in [1.165, 1.54) is 23.3 Å². The van der Waals surface area contributed by atoms with Crippen molar-refractivity contribution >= 4 is 11.8 Å². The number of nitrogens with zero attached hydrogens (tertiary/aromatic N) is 1. The normalized spacial score (nSPS) is 11.6. The van der Waals surface area contributed by atoms with Crippen LogP contribution in [-0.2, 0) is 4.74 Å². The minimum Gasteiger partial charge on any atom is -0.449 e. The number of hydrogen-bond acceptors (Lipinski definition) is 4. The molecule has 1 aliphatic rings. The van der Waals surface area contributed by atoms with Gasteiger partial charge < -0.3 is 10.1 Å². The van der Waals surface area contributed by atoms with Gasteiger partial charge in [0.2, 0.25) is 0 Å². The van der Waals surface area contributed by atoms with Gasteiger partial charge in [0.05, 0.1) is 11.5 Å². The lowest BCUT2D eigenvalue weighted by Gasteiger charge is -2.14. The number of ether oxygens (including phenoxy) is 1. The van der Waals surface area contributed by atoms with Gasteiger partial charge in [-0.25, -0.2) is 4.79 Å². The van der Waals surface area contributed by atoms with E-state index < -0.39 is 11.0 Å². The maximum absolute atomic E-state index is 12.1. The highest BCUT2D eigenvalue weighted by Gasteiger charge is 2.28. The molecule has 0 fully saturated rings. The fraction of sp³-hybridized carbons (Fsp3) is 0.125. The largest absolute Gasteiger partial charge is 0.449 e. The van der Waals surface area contributed by atoms with Gasteiger partial charge in [0.15, 0.2) is 0 Å². The predicted octanol–water partition coefficient (Wildman–Crippen LogP) is 4.49. The summed E-state index contributed by atoms with van der Waals surface area (Å²) in [6, 6.07) is 22.3. The Hall–Kier alpha value is -4.11. The Labute approximate surface area is 173 Å². The van der Waals surface area contributed by atoms with Crippen LogP contribution in [0, 0.1) is 22.0 Å². The van der Waals surface area contributed by atoms with Crippen molar-refractivity contribution in [2.75, 3.05) is 13.2 Å². The van der Waals surface area contributed by atoms with Crippen molar-refractivity contribution in [3.63, 3.8) is 0 Å². The molecule has 148 valence electrons. The number of hydrogen-bond donors (Lipinski definition) is 1. The molecule has 6 heteroatoms. The Bertz CT molecular complexity index is 1130. The molecule has 3 aromatic rings. The minimum absolute atomic E-state index is 0.000831. The van der Waals surface area contributed by atoms with E-state index in [2.05, 4.69) is 41.4 Å². The Kier molecular flexibility index (Phi) is 5.44. The average molecular weight is 398 g/mol. The molecule has 0 aliphatic heterocycles. The molecule has 0 radical (unpaired) electrons. The number of alkyl carbamates (subject to hydrolysis) is 1. The van der Waals surface area contributed by atoms with Crippen molar-refractivity contribution in [1.82, 2.24) is 5.32 Å². The van der Waals surface area contributed by atoms with Crippen LogP contribution in [0.5, 0.6) is 0 Å². The van der Waals surface area contributed by atoms with E-state index in [1.807, 2.05) is 24.3 Å². The first-order valence-electron chi connectivity index (χ1n) is 9.45. The first kappa shape index (κ1) is 19.2. The van der Waals surface area contributed by atoms with Gasteiger partial charge in [0.1, 0.15) is 6.61 Å². The molecular weight excluding hydrogens is 380 g/mol. The Morgan fingerprint density at radius 2 is 1.67 bits per heavy atom. The fourth-order valence-electron chi connectivity index (χ4n) is 3.61. The quantitative estimate of drug-likeness (QED) is 0.399. The van der Waals surface area contributed by atoms with Gasteiger partial charge >= 0.3 is 6.09 Å². The molecule has 1 N–H and O–H groups in total. The van der Waals surface area contributed by atoms with Crippen LogP contribution < -0.4 is 5.32 Å². The first-order chi connectivity index (χ1) is 14.6. The molecule has 1 amide bonds. The summed E-state index contributed by atoms with van der Waals surface area (Å²) in [5, 5.41) is 13.4. The van der Waals surface area contributed by atoms with Gasteiger partial charge in [-0.3, -0.25) is 10.1 Å². The third-order valence-electron chi connectivity index (χ3n) is 4.95. The van der Waals surface area contributed by atoms with Crippen LogP contribution in [0.15, 0.2) is 72.8 Å². The summed E-state index contributed by atoms with van der Waals surface area (Å²) in [5.41, 5.74) is 5.13. The molecule has 0 saturated heterocycles. The molecule has 30 heavy (non-hydrogen) atoms. The van der Waals surface area contributed by atoms with Crippen LogP contribution in [0.25, 0.3) is 11.1 Å². The van der Waals surface area contributed by atoms with Gasteiger partial charge in [0.25, 0.3) is 5.69 Å². The first-order valence-corrected chi connectivity index (χ1v) is 9.45. The number of benzene rings is 3. The second-order valence-corrected chi connectivity index (χ2v) is 6.79. The van der Waals surface area contributed by atoms with Crippen LogP contribution >= 0.6 is 0 Å². The van der Waals surface area contributed by atoms with E-state index in [0.717, 1.165) is 11.1 Å². The maximum atomic E-state index is 12.1. The fourth-order valence-corrected chi connectivity index (χ4v) is 3.61. The van der Waals surface area contributed by atoms with Crippen LogP contribution in [0.1, 0.15) is 22.6 Å². The molecule has 0 bridgehead atoms. The van der Waals surface area contributed by atoms with Crippen molar-refractivity contribution in [2.45, 2.75) is 5.92 Å². The van der Waals surface area contributed by atoms with Gasteiger partial charge in [-0.05, 0) is 28.3 Å². The molecule has 0 atom stereocenters. The Balaban J connectivity index is 1.34. The van der Waals surface area contributed by atoms with Crippen molar-refractivity contribution in [3.05, 3.63) is 99.6 Å². The van der Waals surface area contributed by atoms with Gasteiger partial charge in [0, 0.05) is 23.6 Å². The highest BCUT2D eigenvalue weighted by molar-refractivity contribution is 5.79. The summed E-state index contributed by atoms with van der Waals surface area (Å²) in [6.07, 6.45) is -0.551. The molecule has 0 saturated carbocycles. The summed E-state index contributed by atoms with van der Waals surface area (Å²) < 4.78 is 5.44. The number of amides is 1. The predicted molar refractivity (Wildman–Crippen MR) is 113 cm³/mol. The van der Waals surface area contributed by atoms with E-state index >= 15 is 0 Å². The summed E-state index contributed by atoms with van der Waals surface area (Å²) >= 11 is 0. The third-order valence-corrected chi connectivity index (χ3v) is 4.95. The second-order valence-electron chi connectivity index (χ2n) is 6.79. The molecule has 3 aromatic carbocycles. The SMILES string of the molecule is O=C(NCC#Cc1cccc([N+](=O)[O-])c1)OCC1c2ccccc2-c2ccccc21.